The summed E-state index contributed by atoms with van der Waals surface area (Å²) in [5.74, 6) is 0. The molecule has 0 saturated heterocycles. The Balaban J connectivity index is 1.89. The van der Waals surface area contributed by atoms with E-state index >= 15 is 0 Å². The van der Waals surface area contributed by atoms with Crippen molar-refractivity contribution in [2.24, 2.45) is 0 Å². The van der Waals surface area contributed by atoms with Crippen LogP contribution >= 0.6 is 0 Å². The Labute approximate surface area is 124 Å². The Kier molecular flexibility index (Phi) is 6.55. The summed E-state index contributed by atoms with van der Waals surface area (Å²) < 4.78 is 0. The first-order chi connectivity index (χ1) is 9.85. The van der Waals surface area contributed by atoms with Crippen LogP contribution in [-0.2, 0) is 0 Å². The first-order valence-corrected chi connectivity index (χ1v) is 8.37. The topological polar surface area (TPSA) is 15.3 Å². The van der Waals surface area contributed by atoms with E-state index in [9.17, 15) is 0 Å². The van der Waals surface area contributed by atoms with E-state index in [0.29, 0.717) is 6.04 Å². The van der Waals surface area contributed by atoms with Gasteiger partial charge in [0.15, 0.2) is 0 Å². The highest BCUT2D eigenvalue weighted by Gasteiger charge is 2.28. The molecule has 2 heteroatoms. The molecule has 1 aromatic rings. The summed E-state index contributed by atoms with van der Waals surface area (Å²) in [5, 5.41) is 3.72. The summed E-state index contributed by atoms with van der Waals surface area (Å²) in [6.45, 7) is 8.13. The van der Waals surface area contributed by atoms with Crippen LogP contribution in [0.25, 0.3) is 0 Å². The zero-order valence-electron chi connectivity index (χ0n) is 13.1. The quantitative estimate of drug-likeness (QED) is 0.694. The van der Waals surface area contributed by atoms with Gasteiger partial charge in [0.1, 0.15) is 0 Å². The maximum atomic E-state index is 3.72. The van der Waals surface area contributed by atoms with Crippen molar-refractivity contribution in [3.05, 3.63) is 35.9 Å². The average Bonchev–Trinajstić information content (AvgIpc) is 3.31. The predicted molar refractivity (Wildman–Crippen MR) is 87.0 cm³/mol. The molecule has 1 aliphatic carbocycles. The largest absolute Gasteiger partial charge is 0.310 e. The normalized spacial score (nSPS) is 16.6. The molecule has 0 radical (unpaired) electrons. The van der Waals surface area contributed by atoms with Gasteiger partial charge < -0.3 is 10.2 Å². The van der Waals surface area contributed by atoms with Crippen LogP contribution in [-0.4, -0.2) is 30.6 Å². The fourth-order valence-electron chi connectivity index (χ4n) is 2.89. The summed E-state index contributed by atoms with van der Waals surface area (Å²) in [6, 6.07) is 12.3. The van der Waals surface area contributed by atoms with E-state index in [1.54, 1.807) is 0 Å². The zero-order valence-corrected chi connectivity index (χ0v) is 13.1. The van der Waals surface area contributed by atoms with Gasteiger partial charge in [0.25, 0.3) is 0 Å². The van der Waals surface area contributed by atoms with Gasteiger partial charge in [-0.05, 0) is 50.8 Å². The molecule has 0 aromatic heterocycles. The molecule has 1 aliphatic rings. The van der Waals surface area contributed by atoms with Crippen molar-refractivity contribution in [2.75, 3.05) is 19.6 Å². The Bertz CT molecular complexity index is 359. The third kappa shape index (κ3) is 4.92. The van der Waals surface area contributed by atoms with E-state index in [2.05, 4.69) is 54.4 Å². The second-order valence-corrected chi connectivity index (χ2v) is 5.97. The number of nitrogens with zero attached hydrogens (tertiary/aromatic N) is 1. The highest BCUT2D eigenvalue weighted by Crippen LogP contribution is 2.28. The second-order valence-electron chi connectivity index (χ2n) is 5.97. The van der Waals surface area contributed by atoms with Crippen LogP contribution in [0.1, 0.15) is 57.6 Å². The van der Waals surface area contributed by atoms with E-state index in [1.807, 2.05) is 0 Å². The molecule has 1 N–H and O–H groups in total. The molecule has 1 saturated carbocycles. The van der Waals surface area contributed by atoms with E-state index in [1.165, 1.54) is 50.8 Å². The highest BCUT2D eigenvalue weighted by molar-refractivity contribution is 5.18. The predicted octanol–water partition coefficient (Wildman–Crippen LogP) is 3.99. The van der Waals surface area contributed by atoms with Gasteiger partial charge in [-0.3, -0.25) is 0 Å². The van der Waals surface area contributed by atoms with Gasteiger partial charge in [0.2, 0.25) is 0 Å². The average molecular weight is 274 g/mol. The maximum absolute atomic E-state index is 3.72. The van der Waals surface area contributed by atoms with Gasteiger partial charge >= 0.3 is 0 Å². The Morgan fingerprint density at radius 1 is 1.10 bits per heavy atom. The molecular weight excluding hydrogens is 244 g/mol. The molecule has 0 aliphatic heterocycles. The lowest BCUT2D eigenvalue weighted by molar-refractivity contribution is 0.247. The van der Waals surface area contributed by atoms with Gasteiger partial charge in [0.05, 0.1) is 0 Å². The second kappa shape index (κ2) is 8.43. The molecule has 0 bridgehead atoms. The SMILES string of the molecule is CCCNC(CCN(CCC)C1CC1)c1ccccc1. The summed E-state index contributed by atoms with van der Waals surface area (Å²) >= 11 is 0. The van der Waals surface area contributed by atoms with Gasteiger partial charge in [-0.25, -0.2) is 0 Å². The zero-order chi connectivity index (χ0) is 14.2. The standard InChI is InChI=1S/C18H30N2/c1-3-13-19-18(16-8-6-5-7-9-16)12-15-20(14-4-2)17-10-11-17/h5-9,17-19H,3-4,10-15H2,1-2H3. The summed E-state index contributed by atoms with van der Waals surface area (Å²) in [7, 11) is 0. The Morgan fingerprint density at radius 3 is 2.45 bits per heavy atom. The molecule has 1 unspecified atom stereocenters. The van der Waals surface area contributed by atoms with E-state index in [4.69, 9.17) is 0 Å². The molecule has 1 fully saturated rings. The highest BCUT2D eigenvalue weighted by atomic mass is 15.2. The lowest BCUT2D eigenvalue weighted by Gasteiger charge is -2.25. The first-order valence-electron chi connectivity index (χ1n) is 8.37. The summed E-state index contributed by atoms with van der Waals surface area (Å²) in [5.41, 5.74) is 1.44. The smallest absolute Gasteiger partial charge is 0.0332 e. The summed E-state index contributed by atoms with van der Waals surface area (Å²) in [6.07, 6.45) is 6.52. The molecule has 0 spiro atoms. The third-order valence-corrected chi connectivity index (χ3v) is 4.12. The molecule has 1 atom stereocenters. The van der Waals surface area contributed by atoms with Crippen molar-refractivity contribution < 1.29 is 0 Å². The van der Waals surface area contributed by atoms with Gasteiger partial charge in [0, 0.05) is 18.6 Å². The van der Waals surface area contributed by atoms with Crippen LogP contribution in [0, 0.1) is 0 Å². The molecule has 2 nitrogen and oxygen atoms in total. The van der Waals surface area contributed by atoms with Crippen molar-refractivity contribution in [3.8, 4) is 0 Å². The minimum atomic E-state index is 0.509. The van der Waals surface area contributed by atoms with Gasteiger partial charge in [-0.1, -0.05) is 44.2 Å². The van der Waals surface area contributed by atoms with Crippen LogP contribution in [0.3, 0.4) is 0 Å². The number of benzene rings is 1. The lowest BCUT2D eigenvalue weighted by atomic mass is 10.0. The maximum Gasteiger partial charge on any atom is 0.0332 e. The number of rotatable bonds is 10. The Morgan fingerprint density at radius 2 is 1.85 bits per heavy atom. The fraction of sp³-hybridized carbons (Fsp3) is 0.667. The van der Waals surface area contributed by atoms with E-state index in [0.717, 1.165) is 12.6 Å². The lowest BCUT2D eigenvalue weighted by Crippen LogP contribution is -2.32. The molecule has 20 heavy (non-hydrogen) atoms. The van der Waals surface area contributed by atoms with Gasteiger partial charge in [-0.2, -0.15) is 0 Å². The van der Waals surface area contributed by atoms with Gasteiger partial charge in [-0.15, -0.1) is 0 Å². The van der Waals surface area contributed by atoms with Crippen molar-refractivity contribution in [2.45, 2.75) is 58.0 Å². The minimum absolute atomic E-state index is 0.509. The molecular formula is C18H30N2. The summed E-state index contributed by atoms with van der Waals surface area (Å²) in [4.78, 5) is 2.70. The van der Waals surface area contributed by atoms with Crippen molar-refractivity contribution >= 4 is 0 Å². The first kappa shape index (κ1) is 15.5. The molecule has 2 rings (SSSR count). The molecule has 0 amide bonds. The number of hydrogen-bond donors (Lipinski definition) is 1. The van der Waals surface area contributed by atoms with Crippen LogP contribution in [0.4, 0.5) is 0 Å². The number of nitrogens with one attached hydrogen (secondary N) is 1. The number of hydrogen-bond acceptors (Lipinski definition) is 2. The van der Waals surface area contributed by atoms with E-state index in [-0.39, 0.29) is 0 Å². The van der Waals surface area contributed by atoms with E-state index < -0.39 is 0 Å². The fourth-order valence-corrected chi connectivity index (χ4v) is 2.89. The van der Waals surface area contributed by atoms with Crippen molar-refractivity contribution in [3.63, 3.8) is 0 Å². The monoisotopic (exact) mass is 274 g/mol. The molecule has 1 aromatic carbocycles. The van der Waals surface area contributed by atoms with Crippen LogP contribution in [0.2, 0.25) is 0 Å². The third-order valence-electron chi connectivity index (χ3n) is 4.12. The van der Waals surface area contributed by atoms with Crippen LogP contribution in [0.5, 0.6) is 0 Å². The van der Waals surface area contributed by atoms with Crippen molar-refractivity contribution in [1.29, 1.82) is 0 Å². The molecule has 112 valence electrons. The van der Waals surface area contributed by atoms with Crippen LogP contribution < -0.4 is 5.32 Å². The van der Waals surface area contributed by atoms with Crippen molar-refractivity contribution in [1.82, 2.24) is 10.2 Å². The Hall–Kier alpha value is -0.860. The molecule has 0 heterocycles. The minimum Gasteiger partial charge on any atom is -0.310 e. The van der Waals surface area contributed by atoms with Crippen LogP contribution in [0.15, 0.2) is 30.3 Å².